The van der Waals surface area contributed by atoms with E-state index in [2.05, 4.69) is 9.97 Å². The number of phenols is 2. The van der Waals surface area contributed by atoms with Crippen molar-refractivity contribution in [2.75, 3.05) is 0 Å². The van der Waals surface area contributed by atoms with Crippen molar-refractivity contribution in [3.63, 3.8) is 0 Å². The molecule has 0 aliphatic rings. The van der Waals surface area contributed by atoms with Crippen LogP contribution in [-0.4, -0.2) is 39.0 Å². The van der Waals surface area contributed by atoms with Crippen LogP contribution in [0.15, 0.2) is 60.7 Å². The Kier molecular flexibility index (Phi) is 6.03. The molecule has 1 radical (unpaired) electrons. The SMILES string of the molecule is Cc1ccc2cccc(O)c2n1.Cc1ccc2cccc(O)c2n1.[Li]. The zero-order valence-electron chi connectivity index (χ0n) is 14.6. The number of aryl methyl sites for hydroxylation is 2. The van der Waals surface area contributed by atoms with E-state index in [0.29, 0.717) is 11.0 Å². The number of rotatable bonds is 0. The van der Waals surface area contributed by atoms with Crippen molar-refractivity contribution >= 4 is 40.7 Å². The van der Waals surface area contributed by atoms with Gasteiger partial charge in [-0.15, -0.1) is 0 Å². The average Bonchev–Trinajstić information content (AvgIpc) is 2.57. The Morgan fingerprint density at radius 2 is 1.00 bits per heavy atom. The quantitative estimate of drug-likeness (QED) is 0.477. The molecule has 0 bridgehead atoms. The molecule has 2 aromatic carbocycles. The average molecular weight is 325 g/mol. The normalized spacial score (nSPS) is 10.0. The number of pyridine rings is 2. The molecular weight excluding hydrogens is 307 g/mol. The van der Waals surface area contributed by atoms with Crippen LogP contribution >= 0.6 is 0 Å². The molecule has 0 aliphatic carbocycles. The van der Waals surface area contributed by atoms with E-state index >= 15 is 0 Å². The van der Waals surface area contributed by atoms with Crippen molar-refractivity contribution in [3.8, 4) is 11.5 Å². The van der Waals surface area contributed by atoms with Crippen LogP contribution in [0.5, 0.6) is 11.5 Å². The fourth-order valence-electron chi connectivity index (χ4n) is 2.46. The van der Waals surface area contributed by atoms with E-state index in [1.165, 1.54) is 0 Å². The molecule has 0 amide bonds. The third-order valence-corrected chi connectivity index (χ3v) is 3.68. The van der Waals surface area contributed by atoms with E-state index in [0.717, 1.165) is 22.2 Å². The third-order valence-electron chi connectivity index (χ3n) is 3.68. The van der Waals surface area contributed by atoms with E-state index in [4.69, 9.17) is 0 Å². The molecule has 0 unspecified atom stereocenters. The number of para-hydroxylation sites is 2. The number of nitrogens with zero attached hydrogens (tertiary/aromatic N) is 2. The van der Waals surface area contributed by atoms with Gasteiger partial charge < -0.3 is 10.2 Å². The summed E-state index contributed by atoms with van der Waals surface area (Å²) in [5.74, 6) is 0.493. The second-order valence-corrected chi connectivity index (χ2v) is 5.60. The molecule has 5 heteroatoms. The van der Waals surface area contributed by atoms with Gasteiger partial charge in [-0.25, -0.2) is 9.97 Å². The summed E-state index contributed by atoms with van der Waals surface area (Å²) in [6.45, 7) is 3.82. The summed E-state index contributed by atoms with van der Waals surface area (Å²) in [6, 6.07) is 18.6. The van der Waals surface area contributed by atoms with Gasteiger partial charge in [0.15, 0.2) is 0 Å². The first kappa shape index (κ1) is 18.8. The number of hydrogen-bond donors (Lipinski definition) is 2. The minimum Gasteiger partial charge on any atom is -0.506 e. The van der Waals surface area contributed by atoms with Crippen molar-refractivity contribution in [2.45, 2.75) is 13.8 Å². The third kappa shape index (κ3) is 4.30. The van der Waals surface area contributed by atoms with Crippen molar-refractivity contribution in [1.29, 1.82) is 0 Å². The van der Waals surface area contributed by atoms with E-state index in [1.54, 1.807) is 12.1 Å². The molecule has 0 fully saturated rings. The van der Waals surface area contributed by atoms with E-state index in [-0.39, 0.29) is 30.4 Å². The van der Waals surface area contributed by atoms with E-state index in [9.17, 15) is 10.2 Å². The summed E-state index contributed by atoms with van der Waals surface area (Å²) in [7, 11) is 0. The maximum atomic E-state index is 9.43. The summed E-state index contributed by atoms with van der Waals surface area (Å²) in [5, 5.41) is 20.8. The number of phenolic OH excluding ortho intramolecular Hbond substituents is 2. The number of aromatic hydroxyl groups is 2. The molecule has 0 aliphatic heterocycles. The fraction of sp³-hybridized carbons (Fsp3) is 0.100. The molecule has 121 valence electrons. The van der Waals surface area contributed by atoms with Crippen molar-refractivity contribution < 1.29 is 10.2 Å². The summed E-state index contributed by atoms with van der Waals surface area (Å²) in [4.78, 5) is 8.45. The Morgan fingerprint density at radius 3 is 1.40 bits per heavy atom. The Morgan fingerprint density at radius 1 is 0.600 bits per heavy atom. The maximum absolute atomic E-state index is 9.43. The summed E-state index contributed by atoms with van der Waals surface area (Å²) in [5.41, 5.74) is 3.20. The van der Waals surface area contributed by atoms with Crippen LogP contribution in [0.2, 0.25) is 0 Å². The second-order valence-electron chi connectivity index (χ2n) is 5.60. The zero-order chi connectivity index (χ0) is 17.1. The predicted molar refractivity (Wildman–Crippen MR) is 102 cm³/mol. The maximum Gasteiger partial charge on any atom is 0.141 e. The fourth-order valence-corrected chi connectivity index (χ4v) is 2.46. The van der Waals surface area contributed by atoms with Crippen molar-refractivity contribution in [1.82, 2.24) is 9.97 Å². The van der Waals surface area contributed by atoms with Gasteiger partial charge in [-0.1, -0.05) is 36.4 Å². The molecule has 2 heterocycles. The minimum atomic E-state index is 0. The largest absolute Gasteiger partial charge is 0.506 e. The Hall–Kier alpha value is -2.54. The van der Waals surface area contributed by atoms with Gasteiger partial charge in [-0.05, 0) is 38.1 Å². The standard InChI is InChI=1S/2C10H9NO.Li/c2*1-7-5-6-8-3-2-4-9(12)10(8)11-7;/h2*2-6,12H,1H3;. The molecule has 0 saturated heterocycles. The monoisotopic (exact) mass is 325 g/mol. The van der Waals surface area contributed by atoms with Gasteiger partial charge in [-0.3, -0.25) is 0 Å². The summed E-state index contributed by atoms with van der Waals surface area (Å²) >= 11 is 0. The van der Waals surface area contributed by atoms with E-state index in [1.807, 2.05) is 62.4 Å². The smallest absolute Gasteiger partial charge is 0.141 e. The van der Waals surface area contributed by atoms with Gasteiger partial charge in [0.1, 0.15) is 22.5 Å². The van der Waals surface area contributed by atoms with Crippen LogP contribution in [0, 0.1) is 13.8 Å². The second kappa shape index (κ2) is 8.02. The Labute approximate surface area is 158 Å². The molecule has 25 heavy (non-hydrogen) atoms. The molecule has 4 aromatic rings. The van der Waals surface area contributed by atoms with Crippen molar-refractivity contribution in [2.24, 2.45) is 0 Å². The first-order chi connectivity index (χ1) is 11.5. The first-order valence-corrected chi connectivity index (χ1v) is 7.65. The van der Waals surface area contributed by atoms with Crippen LogP contribution in [-0.2, 0) is 0 Å². The Bertz CT molecular complexity index is 936. The number of fused-ring (bicyclic) bond motifs is 2. The van der Waals surface area contributed by atoms with Crippen LogP contribution in [0.3, 0.4) is 0 Å². The van der Waals surface area contributed by atoms with Gasteiger partial charge in [0.05, 0.1) is 0 Å². The molecular formula is C20H18LiN2O2. The molecule has 0 atom stereocenters. The van der Waals surface area contributed by atoms with Crippen LogP contribution in [0.4, 0.5) is 0 Å². The molecule has 2 aromatic heterocycles. The number of benzene rings is 2. The Balaban J connectivity index is 0.000000173. The minimum absolute atomic E-state index is 0. The van der Waals surface area contributed by atoms with Gasteiger partial charge in [0.2, 0.25) is 0 Å². The molecule has 4 rings (SSSR count). The first-order valence-electron chi connectivity index (χ1n) is 7.65. The molecule has 2 N–H and O–H groups in total. The topological polar surface area (TPSA) is 66.2 Å². The van der Waals surface area contributed by atoms with Crippen LogP contribution < -0.4 is 0 Å². The molecule has 4 nitrogen and oxygen atoms in total. The van der Waals surface area contributed by atoms with E-state index < -0.39 is 0 Å². The molecule has 0 spiro atoms. The number of aromatic nitrogens is 2. The summed E-state index contributed by atoms with van der Waals surface area (Å²) in [6.07, 6.45) is 0. The van der Waals surface area contributed by atoms with Crippen LogP contribution in [0.25, 0.3) is 21.8 Å². The predicted octanol–water partition coefficient (Wildman–Crippen LogP) is 4.12. The van der Waals surface area contributed by atoms with Gasteiger partial charge in [0.25, 0.3) is 0 Å². The van der Waals surface area contributed by atoms with Gasteiger partial charge in [-0.2, -0.15) is 0 Å². The van der Waals surface area contributed by atoms with Crippen LogP contribution in [0.1, 0.15) is 11.4 Å². The van der Waals surface area contributed by atoms with Gasteiger partial charge >= 0.3 is 0 Å². The number of hydrogen-bond acceptors (Lipinski definition) is 4. The van der Waals surface area contributed by atoms with Crippen molar-refractivity contribution in [3.05, 3.63) is 72.1 Å². The molecule has 0 saturated carbocycles. The summed E-state index contributed by atoms with van der Waals surface area (Å²) < 4.78 is 0. The van der Waals surface area contributed by atoms with Gasteiger partial charge in [0, 0.05) is 41.0 Å². The zero-order valence-corrected chi connectivity index (χ0v) is 14.6.